The SMILES string of the molecule is COC(=O)COc1ccc2c(c1C)OCC(=O)N2. The second-order valence-corrected chi connectivity index (χ2v) is 3.77. The maximum absolute atomic E-state index is 11.1. The third-order valence-corrected chi connectivity index (χ3v) is 2.55. The van der Waals surface area contributed by atoms with Gasteiger partial charge in [0.15, 0.2) is 13.2 Å². The summed E-state index contributed by atoms with van der Waals surface area (Å²) in [6.07, 6.45) is 0. The van der Waals surface area contributed by atoms with Gasteiger partial charge in [0.2, 0.25) is 0 Å². The summed E-state index contributed by atoms with van der Waals surface area (Å²) in [6.45, 7) is 1.61. The molecule has 1 aromatic carbocycles. The van der Waals surface area contributed by atoms with Crippen LogP contribution in [0.15, 0.2) is 12.1 Å². The Labute approximate surface area is 104 Å². The molecule has 0 spiro atoms. The second kappa shape index (κ2) is 4.95. The van der Waals surface area contributed by atoms with Crippen molar-refractivity contribution < 1.29 is 23.8 Å². The average molecular weight is 251 g/mol. The highest BCUT2D eigenvalue weighted by atomic mass is 16.6. The van der Waals surface area contributed by atoms with Gasteiger partial charge in [-0.05, 0) is 19.1 Å². The molecule has 0 unspecified atom stereocenters. The number of nitrogens with one attached hydrogen (secondary N) is 1. The van der Waals surface area contributed by atoms with Crippen molar-refractivity contribution in [3.63, 3.8) is 0 Å². The summed E-state index contributed by atoms with van der Waals surface area (Å²) in [5.41, 5.74) is 1.34. The lowest BCUT2D eigenvalue weighted by Gasteiger charge is -2.21. The molecule has 0 aliphatic carbocycles. The Kier molecular flexibility index (Phi) is 3.36. The van der Waals surface area contributed by atoms with Gasteiger partial charge in [-0.3, -0.25) is 4.79 Å². The molecule has 2 rings (SSSR count). The third kappa shape index (κ3) is 2.37. The average Bonchev–Trinajstić information content (AvgIpc) is 2.37. The van der Waals surface area contributed by atoms with E-state index in [0.717, 1.165) is 5.56 Å². The summed E-state index contributed by atoms with van der Waals surface area (Å²) < 4.78 is 15.1. The fourth-order valence-electron chi connectivity index (χ4n) is 1.63. The van der Waals surface area contributed by atoms with Crippen LogP contribution in [0.1, 0.15) is 5.56 Å². The first kappa shape index (κ1) is 12.2. The largest absolute Gasteiger partial charge is 0.481 e. The van der Waals surface area contributed by atoms with Crippen LogP contribution in [0.5, 0.6) is 11.5 Å². The first-order valence-corrected chi connectivity index (χ1v) is 5.37. The quantitative estimate of drug-likeness (QED) is 0.807. The van der Waals surface area contributed by atoms with Crippen molar-refractivity contribution in [1.82, 2.24) is 0 Å². The molecule has 6 nitrogen and oxygen atoms in total. The van der Waals surface area contributed by atoms with Crippen molar-refractivity contribution in [3.8, 4) is 11.5 Å². The van der Waals surface area contributed by atoms with Crippen LogP contribution >= 0.6 is 0 Å². The minimum absolute atomic E-state index is 0.0195. The van der Waals surface area contributed by atoms with Crippen LogP contribution in [0.3, 0.4) is 0 Å². The Balaban J connectivity index is 2.19. The van der Waals surface area contributed by atoms with Gasteiger partial charge in [-0.2, -0.15) is 0 Å². The zero-order valence-electron chi connectivity index (χ0n) is 10.1. The van der Waals surface area contributed by atoms with E-state index in [0.29, 0.717) is 17.2 Å². The minimum Gasteiger partial charge on any atom is -0.481 e. The molecule has 1 aliphatic heterocycles. The summed E-state index contributed by atoms with van der Waals surface area (Å²) in [6, 6.07) is 3.35. The van der Waals surface area contributed by atoms with E-state index < -0.39 is 5.97 Å². The molecule has 0 atom stereocenters. The lowest BCUT2D eigenvalue weighted by molar-refractivity contribution is -0.142. The van der Waals surface area contributed by atoms with Crippen molar-refractivity contribution in [3.05, 3.63) is 17.7 Å². The van der Waals surface area contributed by atoms with Crippen molar-refractivity contribution in [2.24, 2.45) is 0 Å². The standard InChI is InChI=1S/C12H13NO5/c1-7-9(17-6-11(15)16-2)4-3-8-12(7)18-5-10(14)13-8/h3-4H,5-6H2,1-2H3,(H,13,14). The van der Waals surface area contributed by atoms with Gasteiger partial charge in [-0.1, -0.05) is 0 Å². The molecule has 96 valence electrons. The summed E-state index contributed by atoms with van der Waals surface area (Å²) in [7, 11) is 1.30. The summed E-state index contributed by atoms with van der Waals surface area (Å²) in [5.74, 6) is 0.443. The number of rotatable bonds is 3. The number of hydrogen-bond donors (Lipinski definition) is 1. The number of fused-ring (bicyclic) bond motifs is 1. The molecule has 1 N–H and O–H groups in total. The van der Waals surface area contributed by atoms with E-state index >= 15 is 0 Å². The maximum Gasteiger partial charge on any atom is 0.343 e. The molecule has 18 heavy (non-hydrogen) atoms. The Bertz CT molecular complexity index is 497. The minimum atomic E-state index is -0.457. The first-order valence-electron chi connectivity index (χ1n) is 5.37. The first-order chi connectivity index (χ1) is 8.61. The summed E-state index contributed by atoms with van der Waals surface area (Å²) in [5, 5.41) is 2.69. The van der Waals surface area contributed by atoms with Crippen molar-refractivity contribution in [1.29, 1.82) is 0 Å². The number of esters is 1. The van der Waals surface area contributed by atoms with E-state index in [1.54, 1.807) is 19.1 Å². The predicted octanol–water partition coefficient (Wildman–Crippen LogP) is 0.878. The van der Waals surface area contributed by atoms with E-state index in [1.807, 2.05) is 0 Å². The molecular weight excluding hydrogens is 238 g/mol. The number of amides is 1. The Hall–Kier alpha value is -2.24. The Morgan fingerprint density at radius 2 is 2.28 bits per heavy atom. The molecular formula is C12H13NO5. The van der Waals surface area contributed by atoms with E-state index in [1.165, 1.54) is 7.11 Å². The number of benzene rings is 1. The van der Waals surface area contributed by atoms with Crippen LogP contribution in [0, 0.1) is 6.92 Å². The van der Waals surface area contributed by atoms with Crippen LogP contribution < -0.4 is 14.8 Å². The number of carbonyl (C=O) groups excluding carboxylic acids is 2. The van der Waals surface area contributed by atoms with E-state index in [4.69, 9.17) is 9.47 Å². The fourth-order valence-corrected chi connectivity index (χ4v) is 1.63. The van der Waals surface area contributed by atoms with Gasteiger partial charge in [0.25, 0.3) is 5.91 Å². The molecule has 0 fully saturated rings. The van der Waals surface area contributed by atoms with Crippen molar-refractivity contribution in [2.75, 3.05) is 25.6 Å². The van der Waals surface area contributed by atoms with Crippen LogP contribution in [0.25, 0.3) is 0 Å². The normalized spacial score (nSPS) is 13.1. The Morgan fingerprint density at radius 1 is 1.50 bits per heavy atom. The highest BCUT2D eigenvalue weighted by Crippen LogP contribution is 2.36. The third-order valence-electron chi connectivity index (χ3n) is 2.55. The van der Waals surface area contributed by atoms with Crippen LogP contribution in [-0.2, 0) is 14.3 Å². The van der Waals surface area contributed by atoms with E-state index in [2.05, 4.69) is 10.1 Å². The van der Waals surface area contributed by atoms with Crippen LogP contribution in [0.2, 0.25) is 0 Å². The molecule has 1 aromatic rings. The smallest absolute Gasteiger partial charge is 0.343 e. The van der Waals surface area contributed by atoms with Crippen molar-refractivity contribution in [2.45, 2.75) is 6.92 Å². The number of ether oxygens (including phenoxy) is 3. The zero-order valence-corrected chi connectivity index (χ0v) is 10.1. The van der Waals surface area contributed by atoms with Gasteiger partial charge in [-0.15, -0.1) is 0 Å². The molecule has 0 radical (unpaired) electrons. The van der Waals surface area contributed by atoms with E-state index in [9.17, 15) is 9.59 Å². The predicted molar refractivity (Wildman–Crippen MR) is 62.8 cm³/mol. The molecule has 6 heteroatoms. The van der Waals surface area contributed by atoms with E-state index in [-0.39, 0.29) is 19.1 Å². The van der Waals surface area contributed by atoms with Gasteiger partial charge >= 0.3 is 5.97 Å². The second-order valence-electron chi connectivity index (χ2n) is 3.77. The van der Waals surface area contributed by atoms with Gasteiger partial charge in [0, 0.05) is 5.56 Å². The number of carbonyl (C=O) groups is 2. The maximum atomic E-state index is 11.1. The zero-order chi connectivity index (χ0) is 13.1. The molecule has 0 saturated carbocycles. The number of methoxy groups -OCH3 is 1. The van der Waals surface area contributed by atoms with Crippen LogP contribution in [0.4, 0.5) is 5.69 Å². The highest BCUT2D eigenvalue weighted by molar-refractivity contribution is 5.96. The monoisotopic (exact) mass is 251 g/mol. The number of hydrogen-bond acceptors (Lipinski definition) is 5. The van der Waals surface area contributed by atoms with Gasteiger partial charge in [-0.25, -0.2) is 4.79 Å². The summed E-state index contributed by atoms with van der Waals surface area (Å²) in [4.78, 5) is 22.1. The Morgan fingerprint density at radius 3 is 3.00 bits per heavy atom. The van der Waals surface area contributed by atoms with Gasteiger partial charge in [0.05, 0.1) is 12.8 Å². The summed E-state index contributed by atoms with van der Waals surface area (Å²) >= 11 is 0. The van der Waals surface area contributed by atoms with Crippen molar-refractivity contribution >= 4 is 17.6 Å². The lowest BCUT2D eigenvalue weighted by Crippen LogP contribution is -2.26. The fraction of sp³-hybridized carbons (Fsp3) is 0.333. The molecule has 0 saturated heterocycles. The van der Waals surface area contributed by atoms with Gasteiger partial charge in [0.1, 0.15) is 11.5 Å². The molecule has 1 aliphatic rings. The number of anilines is 1. The molecule has 1 heterocycles. The van der Waals surface area contributed by atoms with Gasteiger partial charge < -0.3 is 19.5 Å². The molecule has 0 aromatic heterocycles. The lowest BCUT2D eigenvalue weighted by atomic mass is 10.1. The molecule has 1 amide bonds. The van der Waals surface area contributed by atoms with Crippen LogP contribution in [-0.4, -0.2) is 32.2 Å². The topological polar surface area (TPSA) is 73.9 Å². The molecule has 0 bridgehead atoms. The highest BCUT2D eigenvalue weighted by Gasteiger charge is 2.20.